The molecule has 0 radical (unpaired) electrons. The zero-order valence-corrected chi connectivity index (χ0v) is 12.0. The van der Waals surface area contributed by atoms with Crippen molar-refractivity contribution in [1.82, 2.24) is 9.97 Å². The van der Waals surface area contributed by atoms with Gasteiger partial charge in [-0.3, -0.25) is 0 Å². The van der Waals surface area contributed by atoms with E-state index < -0.39 is 0 Å². The van der Waals surface area contributed by atoms with Crippen LogP contribution in [0, 0.1) is 11.6 Å². The van der Waals surface area contributed by atoms with Gasteiger partial charge in [0, 0.05) is 10.9 Å². The van der Waals surface area contributed by atoms with Crippen LogP contribution in [-0.2, 0) is 6.42 Å². The standard InChI is InChI=1S/C16H11ClF2N2/c1-2-9-6-12(19)8-13-14(9)20-16(21-15(13)17)10-4-3-5-11(18)7-10/h3-8H,2H2,1H3. The van der Waals surface area contributed by atoms with Gasteiger partial charge >= 0.3 is 0 Å². The average Bonchev–Trinajstić information content (AvgIpc) is 2.47. The Balaban J connectivity index is 2.30. The van der Waals surface area contributed by atoms with Crippen molar-refractivity contribution in [2.24, 2.45) is 0 Å². The molecule has 0 bridgehead atoms. The van der Waals surface area contributed by atoms with Crippen molar-refractivity contribution in [1.29, 1.82) is 0 Å². The second-order valence-corrected chi connectivity index (χ2v) is 5.02. The van der Waals surface area contributed by atoms with E-state index in [0.29, 0.717) is 28.7 Å². The van der Waals surface area contributed by atoms with Crippen molar-refractivity contribution < 1.29 is 8.78 Å². The van der Waals surface area contributed by atoms with Gasteiger partial charge in [0.05, 0.1) is 5.52 Å². The number of benzene rings is 2. The van der Waals surface area contributed by atoms with E-state index in [1.165, 1.54) is 24.3 Å². The number of rotatable bonds is 2. The molecule has 0 N–H and O–H groups in total. The van der Waals surface area contributed by atoms with Gasteiger partial charge in [-0.15, -0.1) is 0 Å². The van der Waals surface area contributed by atoms with Gasteiger partial charge in [-0.25, -0.2) is 18.7 Å². The second-order valence-electron chi connectivity index (χ2n) is 4.66. The number of nitrogens with zero attached hydrogens (tertiary/aromatic N) is 2. The lowest BCUT2D eigenvalue weighted by Crippen LogP contribution is -1.96. The quantitative estimate of drug-likeness (QED) is 0.636. The third-order valence-corrected chi connectivity index (χ3v) is 3.55. The molecular formula is C16H11ClF2N2. The molecule has 0 spiro atoms. The predicted octanol–water partition coefficient (Wildman–Crippen LogP) is 4.79. The smallest absolute Gasteiger partial charge is 0.161 e. The van der Waals surface area contributed by atoms with Crippen LogP contribution in [0.4, 0.5) is 8.78 Å². The van der Waals surface area contributed by atoms with Crippen molar-refractivity contribution >= 4 is 22.5 Å². The molecule has 1 heterocycles. The van der Waals surface area contributed by atoms with E-state index in [1.54, 1.807) is 12.1 Å². The highest BCUT2D eigenvalue weighted by Gasteiger charge is 2.12. The number of fused-ring (bicyclic) bond motifs is 1. The Kier molecular flexibility index (Phi) is 3.55. The molecule has 21 heavy (non-hydrogen) atoms. The minimum absolute atomic E-state index is 0.161. The van der Waals surface area contributed by atoms with Crippen LogP contribution in [0.15, 0.2) is 36.4 Å². The predicted molar refractivity (Wildman–Crippen MR) is 79.3 cm³/mol. The molecule has 106 valence electrons. The van der Waals surface area contributed by atoms with E-state index in [-0.39, 0.29) is 16.8 Å². The Morgan fingerprint density at radius 2 is 1.86 bits per heavy atom. The summed E-state index contributed by atoms with van der Waals surface area (Å²) in [6, 6.07) is 8.71. The Morgan fingerprint density at radius 1 is 1.05 bits per heavy atom. The zero-order chi connectivity index (χ0) is 15.0. The Morgan fingerprint density at radius 3 is 2.57 bits per heavy atom. The molecule has 2 nitrogen and oxygen atoms in total. The van der Waals surface area contributed by atoms with Gasteiger partial charge in [0.25, 0.3) is 0 Å². The highest BCUT2D eigenvalue weighted by molar-refractivity contribution is 6.34. The molecule has 0 saturated carbocycles. The van der Waals surface area contributed by atoms with E-state index in [2.05, 4.69) is 9.97 Å². The first kappa shape index (κ1) is 13.9. The van der Waals surface area contributed by atoms with Crippen LogP contribution in [0.25, 0.3) is 22.3 Å². The Bertz CT molecular complexity index is 834. The SMILES string of the molecule is CCc1cc(F)cc2c(Cl)nc(-c3cccc(F)c3)nc12. The summed E-state index contributed by atoms with van der Waals surface area (Å²) in [6.45, 7) is 1.91. The van der Waals surface area contributed by atoms with Crippen molar-refractivity contribution in [3.8, 4) is 11.4 Å². The van der Waals surface area contributed by atoms with Gasteiger partial charge in [-0.05, 0) is 36.2 Å². The normalized spacial score (nSPS) is 11.0. The fourth-order valence-corrected chi connectivity index (χ4v) is 2.48. The highest BCUT2D eigenvalue weighted by Crippen LogP contribution is 2.28. The molecular weight excluding hydrogens is 294 g/mol. The van der Waals surface area contributed by atoms with Gasteiger partial charge < -0.3 is 0 Å². The molecule has 2 aromatic carbocycles. The van der Waals surface area contributed by atoms with Gasteiger partial charge in [0.2, 0.25) is 0 Å². The Labute approximate surface area is 125 Å². The number of halogens is 3. The number of aromatic nitrogens is 2. The van der Waals surface area contributed by atoms with Crippen molar-refractivity contribution in [2.45, 2.75) is 13.3 Å². The molecule has 0 aliphatic heterocycles. The van der Waals surface area contributed by atoms with Crippen LogP contribution in [0.5, 0.6) is 0 Å². The van der Waals surface area contributed by atoms with Crippen LogP contribution in [0.1, 0.15) is 12.5 Å². The summed E-state index contributed by atoms with van der Waals surface area (Å²) in [4.78, 5) is 8.58. The molecule has 0 unspecified atom stereocenters. The number of hydrogen-bond acceptors (Lipinski definition) is 2. The summed E-state index contributed by atoms with van der Waals surface area (Å²) in [5, 5.41) is 0.627. The van der Waals surface area contributed by atoms with Gasteiger partial charge in [-0.1, -0.05) is 30.7 Å². The average molecular weight is 305 g/mol. The first-order valence-electron chi connectivity index (χ1n) is 6.50. The maximum Gasteiger partial charge on any atom is 0.161 e. The summed E-state index contributed by atoms with van der Waals surface area (Å²) < 4.78 is 26.9. The van der Waals surface area contributed by atoms with Gasteiger partial charge in [-0.2, -0.15) is 0 Å². The first-order chi connectivity index (χ1) is 10.1. The summed E-state index contributed by atoms with van der Waals surface area (Å²) >= 11 is 6.14. The van der Waals surface area contributed by atoms with Crippen molar-refractivity contribution in [3.05, 3.63) is 58.7 Å². The van der Waals surface area contributed by atoms with E-state index >= 15 is 0 Å². The molecule has 3 rings (SSSR count). The molecule has 0 aliphatic rings. The molecule has 0 atom stereocenters. The van der Waals surface area contributed by atoms with E-state index in [1.807, 2.05) is 6.92 Å². The largest absolute Gasteiger partial charge is 0.228 e. The van der Waals surface area contributed by atoms with E-state index in [4.69, 9.17) is 11.6 Å². The molecule has 1 aromatic heterocycles. The Hall–Kier alpha value is -2.07. The maximum atomic E-state index is 13.6. The minimum Gasteiger partial charge on any atom is -0.228 e. The zero-order valence-electron chi connectivity index (χ0n) is 11.2. The monoisotopic (exact) mass is 304 g/mol. The van der Waals surface area contributed by atoms with E-state index in [0.717, 1.165) is 5.56 Å². The second kappa shape index (κ2) is 5.37. The third-order valence-electron chi connectivity index (χ3n) is 3.26. The lowest BCUT2D eigenvalue weighted by molar-refractivity contribution is 0.627. The summed E-state index contributed by atoms with van der Waals surface area (Å²) in [5.74, 6) is -0.418. The number of aryl methyl sites for hydroxylation is 1. The van der Waals surface area contributed by atoms with Crippen molar-refractivity contribution in [2.75, 3.05) is 0 Å². The van der Waals surface area contributed by atoms with Crippen LogP contribution in [0.2, 0.25) is 5.15 Å². The van der Waals surface area contributed by atoms with Crippen LogP contribution in [0.3, 0.4) is 0 Å². The first-order valence-corrected chi connectivity index (χ1v) is 6.88. The van der Waals surface area contributed by atoms with Crippen LogP contribution < -0.4 is 0 Å². The molecule has 3 aromatic rings. The molecule has 0 aliphatic carbocycles. The van der Waals surface area contributed by atoms with Crippen LogP contribution in [-0.4, -0.2) is 9.97 Å². The topological polar surface area (TPSA) is 25.8 Å². The summed E-state index contributed by atoms with van der Waals surface area (Å²) in [5.41, 5.74) is 1.87. The highest BCUT2D eigenvalue weighted by atomic mass is 35.5. The minimum atomic E-state index is -0.373. The van der Waals surface area contributed by atoms with Crippen molar-refractivity contribution in [3.63, 3.8) is 0 Å². The summed E-state index contributed by atoms with van der Waals surface area (Å²) in [6.07, 6.45) is 0.615. The van der Waals surface area contributed by atoms with Crippen LogP contribution >= 0.6 is 11.6 Å². The van der Waals surface area contributed by atoms with Gasteiger partial charge in [0.15, 0.2) is 5.82 Å². The molecule has 0 saturated heterocycles. The summed E-state index contributed by atoms with van der Waals surface area (Å²) in [7, 11) is 0. The maximum absolute atomic E-state index is 13.6. The molecule has 5 heteroatoms. The van der Waals surface area contributed by atoms with E-state index in [9.17, 15) is 8.78 Å². The fourth-order valence-electron chi connectivity index (χ4n) is 2.26. The fraction of sp³-hybridized carbons (Fsp3) is 0.125. The third kappa shape index (κ3) is 2.59. The molecule has 0 amide bonds. The number of hydrogen-bond donors (Lipinski definition) is 0. The van der Waals surface area contributed by atoms with Gasteiger partial charge in [0.1, 0.15) is 16.8 Å². The molecule has 0 fully saturated rings. The lowest BCUT2D eigenvalue weighted by Gasteiger charge is -2.08. The lowest BCUT2D eigenvalue weighted by atomic mass is 10.1.